The summed E-state index contributed by atoms with van der Waals surface area (Å²) in [6.07, 6.45) is 1.47. The number of carbonyl (C=O) groups is 1. The Labute approximate surface area is 143 Å². The normalized spacial score (nSPS) is 10.8. The van der Waals surface area contributed by atoms with Gasteiger partial charge in [-0.25, -0.2) is 4.98 Å². The zero-order valence-corrected chi connectivity index (χ0v) is 13.8. The second-order valence-electron chi connectivity index (χ2n) is 5.31. The number of benzene rings is 2. The van der Waals surface area contributed by atoms with Crippen LogP contribution in [0.15, 0.2) is 53.6 Å². The summed E-state index contributed by atoms with van der Waals surface area (Å²) in [6.45, 7) is 2.08. The fourth-order valence-corrected chi connectivity index (χ4v) is 2.59. The Hall–Kier alpha value is -2.66. The van der Waals surface area contributed by atoms with E-state index in [1.165, 1.54) is 17.8 Å². The van der Waals surface area contributed by atoms with E-state index in [4.69, 9.17) is 16.3 Å². The molecule has 0 aliphatic rings. The number of nitrogens with zero attached hydrogens (tertiary/aromatic N) is 2. The van der Waals surface area contributed by atoms with Gasteiger partial charge in [0.05, 0.1) is 29.3 Å². The predicted octanol–water partition coefficient (Wildman–Crippen LogP) is 3.33. The fraction of sp³-hybridized carbons (Fsp3) is 0.167. The van der Waals surface area contributed by atoms with Gasteiger partial charge >= 0.3 is 0 Å². The van der Waals surface area contributed by atoms with Crippen molar-refractivity contribution in [3.63, 3.8) is 0 Å². The number of aromatic nitrogens is 2. The van der Waals surface area contributed by atoms with Gasteiger partial charge in [-0.05, 0) is 37.3 Å². The van der Waals surface area contributed by atoms with Crippen molar-refractivity contribution in [1.29, 1.82) is 0 Å². The van der Waals surface area contributed by atoms with Gasteiger partial charge in [-0.3, -0.25) is 14.2 Å². The van der Waals surface area contributed by atoms with Crippen molar-refractivity contribution in [3.05, 3.63) is 69.7 Å². The summed E-state index contributed by atoms with van der Waals surface area (Å²) in [5, 5.41) is 1.04. The van der Waals surface area contributed by atoms with Gasteiger partial charge in [0.1, 0.15) is 12.4 Å². The van der Waals surface area contributed by atoms with Crippen molar-refractivity contribution in [2.75, 3.05) is 6.61 Å². The van der Waals surface area contributed by atoms with Gasteiger partial charge < -0.3 is 4.74 Å². The number of ketones is 1. The van der Waals surface area contributed by atoms with Crippen molar-refractivity contribution in [1.82, 2.24) is 9.55 Å². The minimum Gasteiger partial charge on any atom is -0.491 e. The molecule has 0 bridgehead atoms. The van der Waals surface area contributed by atoms with E-state index < -0.39 is 0 Å². The van der Waals surface area contributed by atoms with E-state index in [0.717, 1.165) is 0 Å². The quantitative estimate of drug-likeness (QED) is 0.667. The fourth-order valence-electron chi connectivity index (χ4n) is 2.43. The first-order chi connectivity index (χ1) is 11.6. The van der Waals surface area contributed by atoms with Gasteiger partial charge in [-0.1, -0.05) is 23.7 Å². The number of ether oxygens (including phenoxy) is 1. The number of fused-ring (bicyclic) bond motifs is 1. The van der Waals surface area contributed by atoms with Gasteiger partial charge in [0.2, 0.25) is 0 Å². The van der Waals surface area contributed by atoms with Crippen molar-refractivity contribution in [2.24, 2.45) is 0 Å². The van der Waals surface area contributed by atoms with E-state index in [1.807, 2.05) is 0 Å². The highest BCUT2D eigenvalue weighted by molar-refractivity contribution is 6.31. The molecule has 6 heteroatoms. The van der Waals surface area contributed by atoms with Crippen LogP contribution >= 0.6 is 11.6 Å². The first-order valence-corrected chi connectivity index (χ1v) is 7.81. The average molecular weight is 343 g/mol. The molecule has 0 saturated carbocycles. The van der Waals surface area contributed by atoms with Gasteiger partial charge in [-0.15, -0.1) is 0 Å². The van der Waals surface area contributed by atoms with Gasteiger partial charge in [0, 0.05) is 5.02 Å². The number of halogens is 1. The standard InChI is InChI=1S/C18H15ClN2O3/c1-12(22)14-4-2-3-5-17(14)24-9-8-21-11-20-16-10-13(19)6-7-15(16)18(21)23/h2-7,10-11H,8-9H2,1H3. The lowest BCUT2D eigenvalue weighted by Crippen LogP contribution is -2.23. The van der Waals surface area contributed by atoms with Crippen LogP contribution in [0.2, 0.25) is 5.02 Å². The van der Waals surface area contributed by atoms with Crippen LogP contribution in [-0.4, -0.2) is 21.9 Å². The number of rotatable bonds is 5. The van der Waals surface area contributed by atoms with E-state index >= 15 is 0 Å². The first kappa shape index (κ1) is 16.2. The molecule has 1 aromatic heterocycles. The zero-order valence-electron chi connectivity index (χ0n) is 13.0. The maximum absolute atomic E-state index is 12.4. The lowest BCUT2D eigenvalue weighted by molar-refractivity contribution is 0.101. The van der Waals surface area contributed by atoms with E-state index in [0.29, 0.717) is 33.8 Å². The van der Waals surface area contributed by atoms with Crippen LogP contribution in [0.25, 0.3) is 10.9 Å². The maximum atomic E-state index is 12.4. The third-order valence-corrected chi connectivity index (χ3v) is 3.88. The highest BCUT2D eigenvalue weighted by atomic mass is 35.5. The van der Waals surface area contributed by atoms with Crippen molar-refractivity contribution in [2.45, 2.75) is 13.5 Å². The molecule has 0 saturated heterocycles. The van der Waals surface area contributed by atoms with Crippen LogP contribution < -0.4 is 10.3 Å². The minimum absolute atomic E-state index is 0.0629. The Balaban J connectivity index is 1.77. The summed E-state index contributed by atoms with van der Waals surface area (Å²) >= 11 is 5.91. The highest BCUT2D eigenvalue weighted by Gasteiger charge is 2.08. The SMILES string of the molecule is CC(=O)c1ccccc1OCCn1cnc2cc(Cl)ccc2c1=O. The number of hydrogen-bond donors (Lipinski definition) is 0. The van der Waals surface area contributed by atoms with E-state index in [1.54, 1.807) is 42.5 Å². The molecule has 0 aliphatic heterocycles. The molecule has 0 aliphatic carbocycles. The number of para-hydroxylation sites is 1. The lowest BCUT2D eigenvalue weighted by atomic mass is 10.1. The smallest absolute Gasteiger partial charge is 0.261 e. The lowest BCUT2D eigenvalue weighted by Gasteiger charge is -2.11. The van der Waals surface area contributed by atoms with E-state index in [-0.39, 0.29) is 17.9 Å². The second kappa shape index (κ2) is 6.84. The zero-order chi connectivity index (χ0) is 17.1. The number of carbonyl (C=O) groups excluding carboxylic acids is 1. The molecule has 0 N–H and O–H groups in total. The topological polar surface area (TPSA) is 61.2 Å². The Bertz CT molecular complexity index is 966. The minimum atomic E-state index is -0.153. The Kier molecular flexibility index (Phi) is 4.62. The molecule has 1 heterocycles. The van der Waals surface area contributed by atoms with Crippen LogP contribution in [0.3, 0.4) is 0 Å². The van der Waals surface area contributed by atoms with E-state index in [2.05, 4.69) is 4.98 Å². The Morgan fingerprint density at radius 3 is 2.83 bits per heavy atom. The van der Waals surface area contributed by atoms with Gasteiger partial charge in [-0.2, -0.15) is 0 Å². The molecule has 24 heavy (non-hydrogen) atoms. The van der Waals surface area contributed by atoms with Gasteiger partial charge in [0.25, 0.3) is 5.56 Å². The Morgan fingerprint density at radius 1 is 1.25 bits per heavy atom. The largest absolute Gasteiger partial charge is 0.491 e. The highest BCUT2D eigenvalue weighted by Crippen LogP contribution is 2.18. The molecule has 0 fully saturated rings. The Morgan fingerprint density at radius 2 is 2.04 bits per heavy atom. The molecular formula is C18H15ClN2O3. The molecule has 0 unspecified atom stereocenters. The van der Waals surface area contributed by atoms with Crippen molar-refractivity contribution >= 4 is 28.3 Å². The molecule has 122 valence electrons. The molecule has 3 rings (SSSR count). The maximum Gasteiger partial charge on any atom is 0.261 e. The third kappa shape index (κ3) is 3.31. The van der Waals surface area contributed by atoms with Crippen LogP contribution in [0.4, 0.5) is 0 Å². The third-order valence-electron chi connectivity index (χ3n) is 3.64. The summed E-state index contributed by atoms with van der Waals surface area (Å²) in [5.41, 5.74) is 0.933. The van der Waals surface area contributed by atoms with E-state index in [9.17, 15) is 9.59 Å². The summed E-state index contributed by atoms with van der Waals surface area (Å²) in [5.74, 6) is 0.450. The molecule has 0 radical (unpaired) electrons. The molecule has 2 aromatic carbocycles. The van der Waals surface area contributed by atoms with Crippen LogP contribution in [0, 0.1) is 0 Å². The predicted molar refractivity (Wildman–Crippen MR) is 93.0 cm³/mol. The summed E-state index contributed by atoms with van der Waals surface area (Å²) in [4.78, 5) is 28.2. The summed E-state index contributed by atoms with van der Waals surface area (Å²) in [7, 11) is 0. The van der Waals surface area contributed by atoms with Crippen molar-refractivity contribution < 1.29 is 9.53 Å². The van der Waals surface area contributed by atoms with Crippen LogP contribution in [-0.2, 0) is 6.54 Å². The average Bonchev–Trinajstić information content (AvgIpc) is 2.57. The molecule has 0 atom stereocenters. The number of Topliss-reactive ketones (excluding diaryl/α,β-unsaturated/α-hetero) is 1. The molecular weight excluding hydrogens is 328 g/mol. The molecule has 0 amide bonds. The summed E-state index contributed by atoms with van der Waals surface area (Å²) < 4.78 is 7.14. The molecule has 3 aromatic rings. The molecule has 5 nitrogen and oxygen atoms in total. The van der Waals surface area contributed by atoms with Crippen LogP contribution in [0.5, 0.6) is 5.75 Å². The summed E-state index contributed by atoms with van der Waals surface area (Å²) in [6, 6.07) is 12.0. The monoisotopic (exact) mass is 342 g/mol. The second-order valence-corrected chi connectivity index (χ2v) is 5.74. The van der Waals surface area contributed by atoms with Gasteiger partial charge in [0.15, 0.2) is 5.78 Å². The van der Waals surface area contributed by atoms with Crippen molar-refractivity contribution in [3.8, 4) is 5.75 Å². The molecule has 0 spiro atoms. The first-order valence-electron chi connectivity index (χ1n) is 7.44. The number of hydrogen-bond acceptors (Lipinski definition) is 4. The van der Waals surface area contributed by atoms with Crippen LogP contribution in [0.1, 0.15) is 17.3 Å².